The number of nitro benzene ring substituents is 2. The number of carboxylic acids is 1. The smallest absolute Gasteiger partial charge is 0.299 e. The third-order valence-corrected chi connectivity index (χ3v) is 2.77. The Labute approximate surface area is 123 Å². The molecule has 0 aliphatic carbocycles. The second-order valence-corrected chi connectivity index (χ2v) is 4.21. The first-order valence-corrected chi connectivity index (χ1v) is 5.90. The molecule has 0 aliphatic rings. The van der Waals surface area contributed by atoms with E-state index >= 15 is 0 Å². The quantitative estimate of drug-likeness (QED) is 0.653. The molecule has 9 nitrogen and oxygen atoms in total. The Balaban J connectivity index is 2.41. The van der Waals surface area contributed by atoms with Gasteiger partial charge in [0.1, 0.15) is 5.69 Å². The van der Waals surface area contributed by atoms with Gasteiger partial charge < -0.3 is 15.2 Å². The van der Waals surface area contributed by atoms with Crippen LogP contribution in [0.2, 0.25) is 0 Å². The maximum absolute atomic E-state index is 11.0. The maximum Gasteiger partial charge on any atom is 0.299 e. The molecule has 2 aromatic carbocycles. The average Bonchev–Trinajstić information content (AvgIpc) is 2.47. The van der Waals surface area contributed by atoms with Crippen molar-refractivity contribution in [3.8, 4) is 0 Å². The van der Waals surface area contributed by atoms with E-state index in [0.29, 0.717) is 0 Å². The van der Waals surface area contributed by atoms with Gasteiger partial charge >= 0.3 is 0 Å². The Kier molecular flexibility index (Phi) is 3.98. The van der Waals surface area contributed by atoms with Crippen LogP contribution in [0, 0.1) is 20.2 Å². The molecule has 0 aliphatic heterocycles. The standard InChI is InChI=1S/C13H9N3O6/c17-13(18)8-2-1-3-9(6-8)14-11-5-4-10(15(19)20)7-12(11)16(21)22/h1-7,14H,(H,17,18)/p-1. The fourth-order valence-corrected chi connectivity index (χ4v) is 1.77. The predicted octanol–water partition coefficient (Wildman–Crippen LogP) is 1.61. The highest BCUT2D eigenvalue weighted by molar-refractivity contribution is 5.87. The monoisotopic (exact) mass is 302 g/mol. The van der Waals surface area contributed by atoms with Crippen LogP contribution in [0.5, 0.6) is 0 Å². The van der Waals surface area contributed by atoms with E-state index in [1.807, 2.05) is 0 Å². The van der Waals surface area contributed by atoms with E-state index in [2.05, 4.69) is 5.32 Å². The number of aromatic carboxylic acids is 1. The van der Waals surface area contributed by atoms with Crippen molar-refractivity contribution in [1.82, 2.24) is 0 Å². The number of rotatable bonds is 5. The molecule has 1 N–H and O–H groups in total. The van der Waals surface area contributed by atoms with Gasteiger partial charge in [-0.2, -0.15) is 0 Å². The van der Waals surface area contributed by atoms with Crippen molar-refractivity contribution in [3.63, 3.8) is 0 Å². The number of carboxylic acid groups (broad SMARTS) is 1. The van der Waals surface area contributed by atoms with Gasteiger partial charge in [-0.3, -0.25) is 20.2 Å². The van der Waals surface area contributed by atoms with Crippen molar-refractivity contribution in [2.75, 3.05) is 5.32 Å². The molecule has 0 fully saturated rings. The number of nitro groups is 2. The van der Waals surface area contributed by atoms with Crippen molar-refractivity contribution in [3.05, 3.63) is 68.3 Å². The Morgan fingerprint density at radius 2 is 1.73 bits per heavy atom. The van der Waals surface area contributed by atoms with Crippen molar-refractivity contribution in [2.45, 2.75) is 0 Å². The first-order chi connectivity index (χ1) is 10.4. The second-order valence-electron chi connectivity index (χ2n) is 4.21. The summed E-state index contributed by atoms with van der Waals surface area (Å²) in [6.45, 7) is 0. The second kappa shape index (κ2) is 5.87. The molecule has 22 heavy (non-hydrogen) atoms. The predicted molar refractivity (Wildman–Crippen MR) is 73.8 cm³/mol. The third-order valence-electron chi connectivity index (χ3n) is 2.77. The highest BCUT2D eigenvalue weighted by Crippen LogP contribution is 2.31. The van der Waals surface area contributed by atoms with Gasteiger partial charge in [0.25, 0.3) is 11.4 Å². The fourth-order valence-electron chi connectivity index (χ4n) is 1.77. The lowest BCUT2D eigenvalue weighted by molar-refractivity contribution is -0.393. The average molecular weight is 302 g/mol. The molecule has 0 saturated carbocycles. The molecule has 0 heterocycles. The molecule has 0 radical (unpaired) electrons. The molecule has 2 rings (SSSR count). The molecule has 0 saturated heterocycles. The summed E-state index contributed by atoms with van der Waals surface area (Å²) < 4.78 is 0. The zero-order valence-electron chi connectivity index (χ0n) is 10.9. The molecule has 0 aromatic heterocycles. The third kappa shape index (κ3) is 3.15. The van der Waals surface area contributed by atoms with Crippen molar-refractivity contribution in [2.24, 2.45) is 0 Å². The zero-order chi connectivity index (χ0) is 16.3. The Bertz CT molecular complexity index is 774. The Hall–Kier alpha value is -3.49. The number of nitrogens with one attached hydrogen (secondary N) is 1. The molecule has 112 valence electrons. The van der Waals surface area contributed by atoms with E-state index < -0.39 is 27.2 Å². The summed E-state index contributed by atoms with van der Waals surface area (Å²) in [6, 6.07) is 8.60. The normalized spacial score (nSPS) is 10.0. The molecule has 0 unspecified atom stereocenters. The summed E-state index contributed by atoms with van der Waals surface area (Å²) in [7, 11) is 0. The summed E-state index contributed by atoms with van der Waals surface area (Å²) in [5.41, 5.74) is -0.729. The highest BCUT2D eigenvalue weighted by Gasteiger charge is 2.19. The zero-order valence-corrected chi connectivity index (χ0v) is 10.9. The summed E-state index contributed by atoms with van der Waals surface area (Å²) in [6.07, 6.45) is 0. The summed E-state index contributed by atoms with van der Waals surface area (Å²) >= 11 is 0. The lowest BCUT2D eigenvalue weighted by Crippen LogP contribution is -2.22. The van der Waals surface area contributed by atoms with Gasteiger partial charge in [-0.05, 0) is 23.8 Å². The van der Waals surface area contributed by atoms with E-state index in [0.717, 1.165) is 12.1 Å². The summed E-state index contributed by atoms with van der Waals surface area (Å²) in [4.78, 5) is 30.9. The van der Waals surface area contributed by atoms with Crippen molar-refractivity contribution < 1.29 is 19.7 Å². The van der Waals surface area contributed by atoms with Crippen LogP contribution in [-0.2, 0) is 0 Å². The minimum absolute atomic E-state index is 0.00565. The number of non-ortho nitro benzene ring substituents is 1. The van der Waals surface area contributed by atoms with Gasteiger partial charge in [-0.15, -0.1) is 0 Å². The van der Waals surface area contributed by atoms with Gasteiger partial charge in [0, 0.05) is 11.8 Å². The molecule has 9 heteroatoms. The number of carbonyl (C=O) groups is 1. The Morgan fingerprint density at radius 1 is 1.00 bits per heavy atom. The van der Waals surface area contributed by atoms with Crippen molar-refractivity contribution in [1.29, 1.82) is 0 Å². The lowest BCUT2D eigenvalue weighted by Gasteiger charge is -2.09. The van der Waals surface area contributed by atoms with Crippen molar-refractivity contribution >= 4 is 28.7 Å². The van der Waals surface area contributed by atoms with Crippen LogP contribution in [0.4, 0.5) is 22.7 Å². The number of hydrogen-bond acceptors (Lipinski definition) is 7. The van der Waals surface area contributed by atoms with E-state index in [1.54, 1.807) is 0 Å². The number of anilines is 2. The van der Waals surface area contributed by atoms with Crippen LogP contribution in [0.3, 0.4) is 0 Å². The molecular weight excluding hydrogens is 294 g/mol. The van der Waals surface area contributed by atoms with Crippen LogP contribution in [0.25, 0.3) is 0 Å². The molecule has 0 bridgehead atoms. The molecule has 2 aromatic rings. The minimum Gasteiger partial charge on any atom is -0.545 e. The van der Waals surface area contributed by atoms with Gasteiger partial charge in [-0.1, -0.05) is 12.1 Å². The first-order valence-electron chi connectivity index (χ1n) is 5.90. The largest absolute Gasteiger partial charge is 0.545 e. The van der Waals surface area contributed by atoms with Crippen LogP contribution in [0.15, 0.2) is 42.5 Å². The molecule has 0 spiro atoms. The topological polar surface area (TPSA) is 138 Å². The fraction of sp³-hybridized carbons (Fsp3) is 0. The van der Waals surface area contributed by atoms with Gasteiger partial charge in [0.05, 0.1) is 21.9 Å². The maximum atomic E-state index is 11.0. The molecular formula is C13H8N3O6-. The molecule has 0 atom stereocenters. The van der Waals surface area contributed by atoms with E-state index in [4.69, 9.17) is 0 Å². The van der Waals surface area contributed by atoms with Crippen LogP contribution < -0.4 is 10.4 Å². The van der Waals surface area contributed by atoms with Gasteiger partial charge in [-0.25, -0.2) is 0 Å². The van der Waals surface area contributed by atoms with E-state index in [9.17, 15) is 30.1 Å². The SMILES string of the molecule is O=C([O-])c1cccc(Nc2ccc([N+](=O)[O-])cc2[N+](=O)[O-])c1. The number of nitrogens with zero attached hydrogens (tertiary/aromatic N) is 2. The van der Waals surface area contributed by atoms with E-state index in [1.165, 1.54) is 30.3 Å². The lowest BCUT2D eigenvalue weighted by atomic mass is 10.2. The van der Waals surface area contributed by atoms with Gasteiger partial charge in [0.2, 0.25) is 0 Å². The van der Waals surface area contributed by atoms with Crippen LogP contribution in [0.1, 0.15) is 10.4 Å². The number of hydrogen-bond donors (Lipinski definition) is 1. The van der Waals surface area contributed by atoms with E-state index in [-0.39, 0.29) is 16.9 Å². The van der Waals surface area contributed by atoms with Crippen LogP contribution >= 0.6 is 0 Å². The molecule has 0 amide bonds. The Morgan fingerprint density at radius 3 is 2.32 bits per heavy atom. The number of carbonyl (C=O) groups excluding carboxylic acids is 1. The summed E-state index contributed by atoms with van der Waals surface area (Å²) in [5.74, 6) is -1.39. The van der Waals surface area contributed by atoms with Gasteiger partial charge in [0.15, 0.2) is 0 Å². The van der Waals surface area contributed by atoms with Crippen LogP contribution in [-0.4, -0.2) is 15.8 Å². The number of benzene rings is 2. The first kappa shape index (κ1) is 14.9. The highest BCUT2D eigenvalue weighted by atomic mass is 16.6. The minimum atomic E-state index is -1.39. The summed E-state index contributed by atoms with van der Waals surface area (Å²) in [5, 5.41) is 35.1.